The summed E-state index contributed by atoms with van der Waals surface area (Å²) in [6.07, 6.45) is 5.22. The van der Waals surface area contributed by atoms with Gasteiger partial charge in [-0.2, -0.15) is 5.10 Å². The Morgan fingerprint density at radius 1 is 0.923 bits per heavy atom. The van der Waals surface area contributed by atoms with Gasteiger partial charge in [-0.15, -0.1) is 0 Å². The van der Waals surface area contributed by atoms with Gasteiger partial charge in [0.05, 0.1) is 24.4 Å². The fraction of sp³-hybridized carbons (Fsp3) is 0.405. The van der Waals surface area contributed by atoms with Gasteiger partial charge in [-0.1, -0.05) is 103 Å². The maximum absolute atomic E-state index is 17.4. The molecule has 2 unspecified atom stereocenters. The Morgan fingerprint density at radius 2 is 1.56 bits per heavy atom. The van der Waals surface area contributed by atoms with E-state index in [2.05, 4.69) is 61.0 Å². The lowest BCUT2D eigenvalue weighted by Crippen LogP contribution is -2.67. The molecular formula is C42H47BrF3N3O2Si. The molecule has 7 rings (SSSR count). The molecule has 0 saturated carbocycles. The SMILES string of the molecule is C[C@@H]1Cc2c(ccc3c2cnn3C2CCCCO2)[C@@H](c2c(F)cc(Br)cc2F)N1CC(C)(F)CO[Si](c1ccccc1)(c1ccccc1)C(C)(C)C. The molecule has 274 valence electrons. The molecule has 5 aromatic rings. The first-order valence-electron chi connectivity index (χ1n) is 18.3. The van der Waals surface area contributed by atoms with Crippen molar-refractivity contribution in [2.45, 2.75) is 89.3 Å². The van der Waals surface area contributed by atoms with Gasteiger partial charge in [-0.05, 0) is 84.3 Å². The summed E-state index contributed by atoms with van der Waals surface area (Å²) >= 11 is 3.26. The minimum absolute atomic E-state index is 0.0953. The molecule has 2 aliphatic heterocycles. The van der Waals surface area contributed by atoms with Gasteiger partial charge in [0.1, 0.15) is 17.3 Å². The van der Waals surface area contributed by atoms with Crippen molar-refractivity contribution in [3.05, 3.63) is 124 Å². The zero-order valence-electron chi connectivity index (χ0n) is 30.5. The molecule has 0 N–H and O–H groups in total. The zero-order valence-corrected chi connectivity index (χ0v) is 33.1. The standard InChI is InChI=1S/C42H47BrF3N3O2Si/c1-28-22-33-32(19-20-37-34(33)25-47-49(37)38-18-12-13-21-50-38)40(39-35(44)23-29(43)24-36(39)45)48(28)26-42(5,46)27-51-52(41(2,3)4,30-14-8-6-9-15-30)31-16-10-7-11-17-31/h6-11,14-17,19-20,23-25,28,38,40H,12-13,18,21-22,26-27H2,1-5H3/t28-,38?,40+,42?/m1/s1. The van der Waals surface area contributed by atoms with Crippen molar-refractivity contribution in [3.8, 4) is 0 Å². The summed E-state index contributed by atoms with van der Waals surface area (Å²) in [7, 11) is -3.05. The fourth-order valence-electron chi connectivity index (χ4n) is 8.50. The molecule has 0 amide bonds. The highest BCUT2D eigenvalue weighted by Crippen LogP contribution is 2.45. The lowest BCUT2D eigenvalue weighted by atomic mass is 9.82. The van der Waals surface area contributed by atoms with Crippen LogP contribution in [-0.2, 0) is 15.6 Å². The van der Waals surface area contributed by atoms with Gasteiger partial charge in [0.25, 0.3) is 8.32 Å². The van der Waals surface area contributed by atoms with Gasteiger partial charge < -0.3 is 9.16 Å². The van der Waals surface area contributed by atoms with Crippen LogP contribution in [0.25, 0.3) is 10.9 Å². The number of aromatic nitrogens is 2. The minimum Gasteiger partial charge on any atom is -0.404 e. The Bertz CT molecular complexity index is 1970. The Balaban J connectivity index is 1.28. The molecule has 0 radical (unpaired) electrons. The van der Waals surface area contributed by atoms with Crippen LogP contribution in [-0.4, -0.2) is 54.5 Å². The van der Waals surface area contributed by atoms with Crippen LogP contribution in [0.3, 0.4) is 0 Å². The number of ether oxygens (including phenoxy) is 1. The molecule has 0 aliphatic carbocycles. The second-order valence-electron chi connectivity index (χ2n) is 15.8. The lowest BCUT2D eigenvalue weighted by Gasteiger charge is -2.47. The van der Waals surface area contributed by atoms with E-state index < -0.39 is 31.7 Å². The Hall–Kier alpha value is -3.28. The van der Waals surface area contributed by atoms with Gasteiger partial charge >= 0.3 is 0 Å². The molecule has 4 atom stereocenters. The Labute approximate surface area is 314 Å². The maximum Gasteiger partial charge on any atom is 0.261 e. The summed E-state index contributed by atoms with van der Waals surface area (Å²) in [4.78, 5) is 1.92. The number of hydrogen-bond donors (Lipinski definition) is 0. The van der Waals surface area contributed by atoms with E-state index in [4.69, 9.17) is 14.3 Å². The van der Waals surface area contributed by atoms with Crippen LogP contribution < -0.4 is 10.4 Å². The van der Waals surface area contributed by atoms with E-state index in [0.717, 1.165) is 51.7 Å². The van der Waals surface area contributed by atoms with Crippen LogP contribution in [0.4, 0.5) is 13.2 Å². The summed E-state index contributed by atoms with van der Waals surface area (Å²) in [6, 6.07) is 25.7. The molecule has 1 fully saturated rings. The van der Waals surface area contributed by atoms with Crippen molar-refractivity contribution < 1.29 is 22.3 Å². The number of hydrogen-bond acceptors (Lipinski definition) is 4. The van der Waals surface area contributed by atoms with E-state index in [0.29, 0.717) is 17.5 Å². The smallest absolute Gasteiger partial charge is 0.261 e. The van der Waals surface area contributed by atoms with Crippen molar-refractivity contribution in [1.82, 2.24) is 14.7 Å². The molecule has 0 bridgehead atoms. The van der Waals surface area contributed by atoms with Gasteiger partial charge in [0.2, 0.25) is 0 Å². The van der Waals surface area contributed by atoms with Crippen LogP contribution in [0.15, 0.2) is 95.6 Å². The predicted octanol–water partition coefficient (Wildman–Crippen LogP) is 9.42. The number of rotatable bonds is 9. The second-order valence-corrected chi connectivity index (χ2v) is 21.0. The number of nitrogens with zero attached hydrogens (tertiary/aromatic N) is 3. The van der Waals surface area contributed by atoms with E-state index in [1.165, 1.54) is 12.1 Å². The maximum atomic E-state index is 17.4. The van der Waals surface area contributed by atoms with E-state index in [1.807, 2.05) is 71.2 Å². The first-order chi connectivity index (χ1) is 24.8. The molecule has 1 saturated heterocycles. The molecule has 10 heteroatoms. The summed E-state index contributed by atoms with van der Waals surface area (Å²) in [5, 5.41) is 7.45. The molecule has 3 heterocycles. The van der Waals surface area contributed by atoms with Crippen molar-refractivity contribution in [2.24, 2.45) is 0 Å². The first kappa shape index (κ1) is 37.0. The highest BCUT2D eigenvalue weighted by atomic mass is 79.9. The van der Waals surface area contributed by atoms with E-state index in [9.17, 15) is 0 Å². The van der Waals surface area contributed by atoms with Gasteiger partial charge in [-0.25, -0.2) is 17.9 Å². The first-order valence-corrected chi connectivity index (χ1v) is 21.0. The van der Waals surface area contributed by atoms with Crippen LogP contribution in [0.2, 0.25) is 5.04 Å². The van der Waals surface area contributed by atoms with Gasteiger partial charge in [-0.3, -0.25) is 4.90 Å². The topological polar surface area (TPSA) is 39.5 Å². The number of fused-ring (bicyclic) bond motifs is 3. The molecule has 52 heavy (non-hydrogen) atoms. The van der Waals surface area contributed by atoms with Crippen molar-refractivity contribution in [2.75, 3.05) is 19.8 Å². The monoisotopic (exact) mass is 789 g/mol. The second kappa shape index (κ2) is 14.5. The van der Waals surface area contributed by atoms with Crippen LogP contribution in [0.1, 0.15) is 82.8 Å². The molecule has 2 aliphatic rings. The predicted molar refractivity (Wildman–Crippen MR) is 207 cm³/mol. The highest BCUT2D eigenvalue weighted by molar-refractivity contribution is 9.10. The molecule has 1 aromatic heterocycles. The normalized spacial score (nSPS) is 21.2. The number of alkyl halides is 1. The molecular weight excluding hydrogens is 743 g/mol. The lowest BCUT2D eigenvalue weighted by molar-refractivity contribution is -0.0366. The molecule has 5 nitrogen and oxygen atoms in total. The molecule has 4 aromatic carbocycles. The fourth-order valence-corrected chi connectivity index (χ4v) is 13.6. The van der Waals surface area contributed by atoms with E-state index in [1.54, 1.807) is 6.92 Å². The Morgan fingerprint density at radius 3 is 2.13 bits per heavy atom. The zero-order chi connectivity index (χ0) is 36.8. The van der Waals surface area contributed by atoms with E-state index in [-0.39, 0.29) is 36.0 Å². The average molecular weight is 791 g/mol. The minimum atomic E-state index is -3.05. The van der Waals surface area contributed by atoms with E-state index >= 15 is 13.2 Å². The van der Waals surface area contributed by atoms with Gasteiger partial charge in [0, 0.05) is 34.6 Å². The van der Waals surface area contributed by atoms with Gasteiger partial charge in [0.15, 0.2) is 6.23 Å². The highest BCUT2D eigenvalue weighted by Gasteiger charge is 2.52. The largest absolute Gasteiger partial charge is 0.404 e. The van der Waals surface area contributed by atoms with Crippen molar-refractivity contribution in [3.63, 3.8) is 0 Å². The average Bonchev–Trinajstić information content (AvgIpc) is 3.55. The van der Waals surface area contributed by atoms with Crippen LogP contribution >= 0.6 is 15.9 Å². The third kappa shape index (κ3) is 6.81. The Kier molecular flexibility index (Phi) is 10.3. The van der Waals surface area contributed by atoms with Crippen LogP contribution in [0.5, 0.6) is 0 Å². The van der Waals surface area contributed by atoms with Crippen LogP contribution in [0, 0.1) is 11.6 Å². The summed E-state index contributed by atoms with van der Waals surface area (Å²) < 4.78 is 64.9. The van der Waals surface area contributed by atoms with Crippen molar-refractivity contribution in [1.29, 1.82) is 0 Å². The third-order valence-corrected chi connectivity index (χ3v) is 16.3. The summed E-state index contributed by atoms with van der Waals surface area (Å²) in [6.45, 7) is 10.5. The molecule has 0 spiro atoms. The summed E-state index contributed by atoms with van der Waals surface area (Å²) in [5.41, 5.74) is 0.669. The number of halogens is 4. The third-order valence-electron chi connectivity index (χ3n) is 10.9. The quantitative estimate of drug-likeness (QED) is 0.140. The number of benzene rings is 4. The van der Waals surface area contributed by atoms with Crippen molar-refractivity contribution >= 4 is 45.5 Å². The summed E-state index contributed by atoms with van der Waals surface area (Å²) in [5.74, 6) is -1.37.